The normalized spacial score (nSPS) is 12.0. The van der Waals surface area contributed by atoms with Gasteiger partial charge in [0.05, 0.1) is 10.9 Å². The molecule has 0 fully saturated rings. The van der Waals surface area contributed by atoms with E-state index in [1.807, 2.05) is 6.92 Å². The third-order valence-electron chi connectivity index (χ3n) is 3.41. The van der Waals surface area contributed by atoms with Crippen LogP contribution in [-0.2, 0) is 22.1 Å². The number of fused-ring (bicyclic) bond motifs is 1. The maximum atomic E-state index is 12.4. The number of nitrogens with zero attached hydrogens (tertiary/aromatic N) is 1. The summed E-state index contributed by atoms with van der Waals surface area (Å²) in [4.78, 5) is 26.8. The van der Waals surface area contributed by atoms with E-state index in [-0.39, 0.29) is 12.0 Å². The number of hydrogen-bond acceptors (Lipinski definition) is 5. The number of rotatable bonds is 5. The Balaban J connectivity index is 2.69. The van der Waals surface area contributed by atoms with Gasteiger partial charge >= 0.3 is 5.69 Å². The Kier molecular flexibility index (Phi) is 4.52. The van der Waals surface area contributed by atoms with E-state index in [2.05, 4.69) is 4.98 Å². The fourth-order valence-corrected chi connectivity index (χ4v) is 3.05. The van der Waals surface area contributed by atoms with Gasteiger partial charge in [-0.2, -0.15) is 0 Å². The Morgan fingerprint density at radius 3 is 2.55 bits per heavy atom. The van der Waals surface area contributed by atoms with Gasteiger partial charge in [-0.15, -0.1) is 0 Å². The predicted octanol–water partition coefficient (Wildman–Crippen LogP) is -0.0748. The van der Waals surface area contributed by atoms with Gasteiger partial charge in [0.15, 0.2) is 9.84 Å². The van der Waals surface area contributed by atoms with Gasteiger partial charge in [-0.25, -0.2) is 17.8 Å². The quantitative estimate of drug-likeness (QED) is 0.799. The number of H-pyrrole nitrogens is 1. The summed E-state index contributed by atoms with van der Waals surface area (Å²) in [7, 11) is -3.51. The molecule has 1 aromatic carbocycles. The average molecular weight is 326 g/mol. The van der Waals surface area contributed by atoms with Crippen molar-refractivity contribution in [2.45, 2.75) is 25.6 Å². The van der Waals surface area contributed by atoms with E-state index in [1.165, 1.54) is 0 Å². The zero-order valence-electron chi connectivity index (χ0n) is 12.4. The molecule has 2 rings (SSSR count). The first kappa shape index (κ1) is 16.4. The van der Waals surface area contributed by atoms with E-state index >= 15 is 0 Å². The molecule has 0 spiro atoms. The van der Waals surface area contributed by atoms with Crippen molar-refractivity contribution >= 4 is 20.7 Å². The first-order valence-corrected chi connectivity index (χ1v) is 8.84. The summed E-state index contributed by atoms with van der Waals surface area (Å²) >= 11 is 0. The Labute approximate surface area is 127 Å². The van der Waals surface area contributed by atoms with Crippen molar-refractivity contribution in [2.75, 3.05) is 12.9 Å². The van der Waals surface area contributed by atoms with Crippen molar-refractivity contribution in [2.24, 2.45) is 0 Å². The SMILES string of the molecule is Cc1cc2[nH]c(=O)n(CS(C)(=O)=O)c(=O)c2cc1CCCO. The summed E-state index contributed by atoms with van der Waals surface area (Å²) in [6, 6.07) is 3.34. The summed E-state index contributed by atoms with van der Waals surface area (Å²) in [5, 5.41) is 9.18. The van der Waals surface area contributed by atoms with Crippen LogP contribution in [0.2, 0.25) is 0 Å². The molecule has 0 amide bonds. The molecule has 0 radical (unpaired) electrons. The number of aryl methyl sites for hydroxylation is 2. The average Bonchev–Trinajstić information content (AvgIpc) is 2.41. The lowest BCUT2D eigenvalue weighted by Gasteiger charge is -2.09. The van der Waals surface area contributed by atoms with Gasteiger partial charge in [0.2, 0.25) is 0 Å². The van der Waals surface area contributed by atoms with Gasteiger partial charge in [-0.05, 0) is 43.0 Å². The van der Waals surface area contributed by atoms with E-state index in [0.29, 0.717) is 22.9 Å². The molecule has 2 aromatic rings. The van der Waals surface area contributed by atoms with Crippen LogP contribution in [0.3, 0.4) is 0 Å². The minimum Gasteiger partial charge on any atom is -0.396 e. The number of benzene rings is 1. The van der Waals surface area contributed by atoms with E-state index in [4.69, 9.17) is 5.11 Å². The van der Waals surface area contributed by atoms with Crippen LogP contribution in [0, 0.1) is 6.92 Å². The first-order chi connectivity index (χ1) is 10.2. The minimum atomic E-state index is -3.51. The molecule has 1 aromatic heterocycles. The van der Waals surface area contributed by atoms with E-state index in [9.17, 15) is 18.0 Å². The lowest BCUT2D eigenvalue weighted by atomic mass is 10.0. The van der Waals surface area contributed by atoms with E-state index in [1.54, 1.807) is 12.1 Å². The number of sulfone groups is 1. The Morgan fingerprint density at radius 1 is 1.27 bits per heavy atom. The number of aromatic amines is 1. The third kappa shape index (κ3) is 3.45. The second-order valence-corrected chi connectivity index (χ2v) is 7.48. The number of aliphatic hydroxyl groups is 1. The number of nitrogens with one attached hydrogen (secondary N) is 1. The summed E-state index contributed by atoms with van der Waals surface area (Å²) in [5.74, 6) is -0.656. The van der Waals surface area contributed by atoms with Crippen LogP contribution in [0.15, 0.2) is 21.7 Å². The van der Waals surface area contributed by atoms with Crippen molar-refractivity contribution in [3.63, 3.8) is 0 Å². The maximum Gasteiger partial charge on any atom is 0.329 e. The molecular formula is C14H18N2O5S. The maximum absolute atomic E-state index is 12.4. The molecule has 0 saturated carbocycles. The van der Waals surface area contributed by atoms with E-state index < -0.39 is 27.0 Å². The molecule has 7 nitrogen and oxygen atoms in total. The zero-order chi connectivity index (χ0) is 16.5. The molecule has 8 heteroatoms. The van der Waals surface area contributed by atoms with Gasteiger partial charge < -0.3 is 10.1 Å². The highest BCUT2D eigenvalue weighted by atomic mass is 32.2. The van der Waals surface area contributed by atoms with Crippen LogP contribution >= 0.6 is 0 Å². The van der Waals surface area contributed by atoms with Crippen LogP contribution in [-0.4, -0.2) is 35.9 Å². The van der Waals surface area contributed by atoms with Crippen molar-refractivity contribution < 1.29 is 13.5 Å². The number of hydrogen-bond donors (Lipinski definition) is 2. The summed E-state index contributed by atoms with van der Waals surface area (Å²) < 4.78 is 23.4. The lowest BCUT2D eigenvalue weighted by molar-refractivity contribution is 0.288. The standard InChI is InChI=1S/C14H18N2O5S/c1-9-6-12-11(7-10(9)4-3-5-17)13(18)16(14(19)15-12)8-22(2,20)21/h6-7,17H,3-5,8H2,1-2H3,(H,15,19). The second kappa shape index (κ2) is 6.05. The molecule has 0 aliphatic heterocycles. The van der Waals surface area contributed by atoms with Crippen molar-refractivity contribution in [3.8, 4) is 0 Å². The molecule has 22 heavy (non-hydrogen) atoms. The number of aliphatic hydroxyl groups excluding tert-OH is 1. The van der Waals surface area contributed by atoms with Crippen LogP contribution in [0.4, 0.5) is 0 Å². The molecule has 1 heterocycles. The predicted molar refractivity (Wildman–Crippen MR) is 83.8 cm³/mol. The Hall–Kier alpha value is -1.93. The molecule has 0 saturated heterocycles. The molecule has 0 aliphatic carbocycles. The summed E-state index contributed by atoms with van der Waals surface area (Å²) in [5.41, 5.74) is 0.790. The summed E-state index contributed by atoms with van der Waals surface area (Å²) in [6.45, 7) is 1.90. The largest absolute Gasteiger partial charge is 0.396 e. The molecule has 0 atom stereocenters. The molecule has 120 valence electrons. The lowest BCUT2D eigenvalue weighted by Crippen LogP contribution is -2.37. The molecule has 2 N–H and O–H groups in total. The minimum absolute atomic E-state index is 0.0431. The Morgan fingerprint density at radius 2 is 1.95 bits per heavy atom. The van der Waals surface area contributed by atoms with E-state index in [0.717, 1.165) is 17.4 Å². The van der Waals surface area contributed by atoms with Crippen molar-refractivity contribution in [1.82, 2.24) is 9.55 Å². The molecule has 0 unspecified atom stereocenters. The van der Waals surface area contributed by atoms with Crippen LogP contribution in [0.5, 0.6) is 0 Å². The third-order valence-corrected chi connectivity index (χ3v) is 4.13. The Bertz CT molecular complexity index is 925. The molecule has 0 aliphatic rings. The second-order valence-electron chi connectivity index (χ2n) is 5.37. The monoisotopic (exact) mass is 326 g/mol. The molecular weight excluding hydrogens is 308 g/mol. The zero-order valence-corrected chi connectivity index (χ0v) is 13.2. The fraction of sp³-hybridized carbons (Fsp3) is 0.429. The molecule has 0 bridgehead atoms. The highest BCUT2D eigenvalue weighted by molar-refractivity contribution is 7.89. The highest BCUT2D eigenvalue weighted by Crippen LogP contribution is 2.16. The van der Waals surface area contributed by atoms with Gasteiger partial charge in [-0.3, -0.25) is 4.79 Å². The highest BCUT2D eigenvalue weighted by Gasteiger charge is 2.13. The first-order valence-electron chi connectivity index (χ1n) is 6.78. The van der Waals surface area contributed by atoms with Gasteiger partial charge in [-0.1, -0.05) is 0 Å². The topological polar surface area (TPSA) is 109 Å². The fourth-order valence-electron chi connectivity index (χ4n) is 2.34. The number of aromatic nitrogens is 2. The van der Waals surface area contributed by atoms with Crippen molar-refractivity contribution in [3.05, 3.63) is 44.1 Å². The van der Waals surface area contributed by atoms with Gasteiger partial charge in [0.1, 0.15) is 5.88 Å². The van der Waals surface area contributed by atoms with Crippen LogP contribution < -0.4 is 11.2 Å². The van der Waals surface area contributed by atoms with Crippen LogP contribution in [0.1, 0.15) is 17.5 Å². The smallest absolute Gasteiger partial charge is 0.329 e. The van der Waals surface area contributed by atoms with Gasteiger partial charge in [0.25, 0.3) is 5.56 Å². The van der Waals surface area contributed by atoms with Crippen molar-refractivity contribution in [1.29, 1.82) is 0 Å². The summed E-state index contributed by atoms with van der Waals surface area (Å²) in [6.07, 6.45) is 2.13. The van der Waals surface area contributed by atoms with Crippen LogP contribution in [0.25, 0.3) is 10.9 Å². The van der Waals surface area contributed by atoms with Gasteiger partial charge in [0, 0.05) is 12.9 Å².